The Morgan fingerprint density at radius 3 is 2.70 bits per heavy atom. The van der Waals surface area contributed by atoms with Crippen molar-refractivity contribution in [3.05, 3.63) is 42.0 Å². The molecule has 3 heteroatoms. The van der Waals surface area contributed by atoms with Gasteiger partial charge in [-0.25, -0.2) is 0 Å². The summed E-state index contributed by atoms with van der Waals surface area (Å²) in [5, 5.41) is 0. The number of ether oxygens (including phenoxy) is 1. The molecule has 108 valence electrons. The number of hydrogen-bond donors (Lipinski definition) is 0. The first-order valence-electron chi connectivity index (χ1n) is 7.26. The van der Waals surface area contributed by atoms with E-state index in [9.17, 15) is 4.79 Å². The molecule has 0 spiro atoms. The summed E-state index contributed by atoms with van der Waals surface area (Å²) < 4.78 is 5.66. The number of aryl methyl sites for hydroxylation is 1. The van der Waals surface area contributed by atoms with Crippen LogP contribution in [0.25, 0.3) is 0 Å². The fourth-order valence-electron chi connectivity index (χ4n) is 2.37. The Morgan fingerprint density at radius 2 is 2.05 bits per heavy atom. The predicted molar refractivity (Wildman–Crippen MR) is 80.8 cm³/mol. The maximum absolute atomic E-state index is 12.2. The second-order valence-corrected chi connectivity index (χ2v) is 5.40. The van der Waals surface area contributed by atoms with E-state index in [2.05, 4.69) is 19.1 Å². The van der Waals surface area contributed by atoms with Crippen molar-refractivity contribution in [2.75, 3.05) is 20.2 Å². The summed E-state index contributed by atoms with van der Waals surface area (Å²) in [7, 11) is 1.86. The summed E-state index contributed by atoms with van der Waals surface area (Å²) in [6.45, 7) is 3.22. The highest BCUT2D eigenvalue weighted by Gasteiger charge is 2.21. The van der Waals surface area contributed by atoms with Crippen LogP contribution in [0.1, 0.15) is 24.8 Å². The van der Waals surface area contributed by atoms with Crippen molar-refractivity contribution in [2.45, 2.75) is 26.2 Å². The minimum atomic E-state index is 0.157. The zero-order valence-corrected chi connectivity index (χ0v) is 12.3. The molecule has 2 rings (SSSR count). The monoisotopic (exact) mass is 273 g/mol. The number of nitrogens with zero attached hydrogens (tertiary/aromatic N) is 1. The van der Waals surface area contributed by atoms with E-state index < -0.39 is 0 Å². The van der Waals surface area contributed by atoms with Crippen molar-refractivity contribution in [1.82, 2.24) is 4.90 Å². The number of carbonyl (C=O) groups excluding carboxylic acids is 1. The molecule has 1 aromatic carbocycles. The largest absolute Gasteiger partial charge is 0.492 e. The van der Waals surface area contributed by atoms with Crippen molar-refractivity contribution < 1.29 is 9.53 Å². The van der Waals surface area contributed by atoms with Gasteiger partial charge in [-0.1, -0.05) is 29.8 Å². The van der Waals surface area contributed by atoms with E-state index in [0.29, 0.717) is 13.2 Å². The molecule has 0 fully saturated rings. The summed E-state index contributed by atoms with van der Waals surface area (Å²) in [4.78, 5) is 14.0. The normalized spacial score (nSPS) is 17.8. The van der Waals surface area contributed by atoms with Crippen molar-refractivity contribution in [2.24, 2.45) is 5.92 Å². The van der Waals surface area contributed by atoms with Gasteiger partial charge in [-0.05, 0) is 38.3 Å². The van der Waals surface area contributed by atoms with Gasteiger partial charge in [-0.15, -0.1) is 0 Å². The average Bonchev–Trinajstić information content (AvgIpc) is 2.49. The van der Waals surface area contributed by atoms with Gasteiger partial charge in [0.05, 0.1) is 6.54 Å². The van der Waals surface area contributed by atoms with E-state index in [4.69, 9.17) is 4.74 Å². The summed E-state index contributed by atoms with van der Waals surface area (Å²) in [6, 6.07) is 7.98. The molecular formula is C17H23NO2. The molecule has 1 aliphatic rings. The molecule has 1 aliphatic carbocycles. The predicted octanol–water partition coefficient (Wildman–Crippen LogP) is 3.19. The zero-order chi connectivity index (χ0) is 14.4. The highest BCUT2D eigenvalue weighted by molar-refractivity contribution is 5.78. The number of hydrogen-bond acceptors (Lipinski definition) is 2. The molecule has 0 aromatic heterocycles. The van der Waals surface area contributed by atoms with Crippen LogP contribution in [-0.2, 0) is 4.79 Å². The summed E-state index contributed by atoms with van der Waals surface area (Å²) in [5.74, 6) is 1.25. The van der Waals surface area contributed by atoms with Gasteiger partial charge in [-0.3, -0.25) is 4.79 Å². The Kier molecular flexibility index (Phi) is 5.22. The van der Waals surface area contributed by atoms with Crippen LogP contribution < -0.4 is 4.74 Å². The molecular weight excluding hydrogens is 250 g/mol. The molecule has 20 heavy (non-hydrogen) atoms. The van der Waals surface area contributed by atoms with Gasteiger partial charge in [0.25, 0.3) is 0 Å². The SMILES string of the molecule is Cc1ccc(OCCN(C)C(=O)C2CC=CCC2)cc1. The van der Waals surface area contributed by atoms with Crippen LogP contribution in [0.5, 0.6) is 5.75 Å². The van der Waals surface area contributed by atoms with Crippen LogP contribution in [0.4, 0.5) is 0 Å². The van der Waals surface area contributed by atoms with Crippen LogP contribution in [0.2, 0.25) is 0 Å². The third-order valence-electron chi connectivity index (χ3n) is 3.71. The van der Waals surface area contributed by atoms with E-state index in [0.717, 1.165) is 25.0 Å². The first-order valence-corrected chi connectivity index (χ1v) is 7.26. The quantitative estimate of drug-likeness (QED) is 0.771. The molecule has 0 aliphatic heterocycles. The molecule has 0 heterocycles. The second-order valence-electron chi connectivity index (χ2n) is 5.40. The fourth-order valence-corrected chi connectivity index (χ4v) is 2.37. The topological polar surface area (TPSA) is 29.5 Å². The number of benzene rings is 1. The lowest BCUT2D eigenvalue weighted by atomic mass is 9.93. The van der Waals surface area contributed by atoms with Gasteiger partial charge in [0, 0.05) is 13.0 Å². The molecule has 1 unspecified atom stereocenters. The molecule has 1 atom stereocenters. The highest BCUT2D eigenvalue weighted by Crippen LogP contribution is 2.20. The average molecular weight is 273 g/mol. The van der Waals surface area contributed by atoms with Crippen molar-refractivity contribution in [1.29, 1.82) is 0 Å². The Bertz CT molecular complexity index is 464. The maximum Gasteiger partial charge on any atom is 0.225 e. The molecule has 0 radical (unpaired) electrons. The van der Waals surface area contributed by atoms with Crippen LogP contribution in [0.3, 0.4) is 0 Å². The molecule has 1 aromatic rings. The number of likely N-dealkylation sites (N-methyl/N-ethyl adjacent to an activating group) is 1. The fraction of sp³-hybridized carbons (Fsp3) is 0.471. The second kappa shape index (κ2) is 7.13. The van der Waals surface area contributed by atoms with Crippen LogP contribution >= 0.6 is 0 Å². The van der Waals surface area contributed by atoms with E-state index in [-0.39, 0.29) is 11.8 Å². The highest BCUT2D eigenvalue weighted by atomic mass is 16.5. The van der Waals surface area contributed by atoms with Crippen LogP contribution in [-0.4, -0.2) is 31.0 Å². The smallest absolute Gasteiger partial charge is 0.225 e. The molecule has 0 saturated heterocycles. The van der Waals surface area contributed by atoms with Gasteiger partial charge in [-0.2, -0.15) is 0 Å². The van der Waals surface area contributed by atoms with Crippen molar-refractivity contribution in [3.8, 4) is 5.75 Å². The summed E-state index contributed by atoms with van der Waals surface area (Å²) in [6.07, 6.45) is 7.14. The van der Waals surface area contributed by atoms with E-state index in [1.54, 1.807) is 4.90 Å². The van der Waals surface area contributed by atoms with Gasteiger partial charge >= 0.3 is 0 Å². The van der Waals surface area contributed by atoms with Crippen molar-refractivity contribution in [3.63, 3.8) is 0 Å². The van der Waals surface area contributed by atoms with E-state index in [1.165, 1.54) is 5.56 Å². The molecule has 1 amide bonds. The molecule has 3 nitrogen and oxygen atoms in total. The Balaban J connectivity index is 1.74. The lowest BCUT2D eigenvalue weighted by Gasteiger charge is -2.24. The van der Waals surface area contributed by atoms with Crippen molar-refractivity contribution >= 4 is 5.91 Å². The molecule has 0 saturated carbocycles. The third-order valence-corrected chi connectivity index (χ3v) is 3.71. The maximum atomic E-state index is 12.2. The molecule has 0 N–H and O–H groups in total. The van der Waals surface area contributed by atoms with Gasteiger partial charge < -0.3 is 9.64 Å². The Hall–Kier alpha value is -1.77. The third kappa shape index (κ3) is 4.12. The summed E-state index contributed by atoms with van der Waals surface area (Å²) in [5.41, 5.74) is 1.22. The number of rotatable bonds is 5. The van der Waals surface area contributed by atoms with Gasteiger partial charge in [0.1, 0.15) is 12.4 Å². The lowest BCUT2D eigenvalue weighted by Crippen LogP contribution is -2.36. The lowest BCUT2D eigenvalue weighted by molar-refractivity contribution is -0.134. The summed E-state index contributed by atoms with van der Waals surface area (Å²) >= 11 is 0. The minimum Gasteiger partial charge on any atom is -0.492 e. The van der Waals surface area contributed by atoms with Crippen LogP contribution in [0, 0.1) is 12.8 Å². The van der Waals surface area contributed by atoms with Gasteiger partial charge in [0.2, 0.25) is 5.91 Å². The Morgan fingerprint density at radius 1 is 1.30 bits per heavy atom. The standard InChI is InChI=1S/C17H23NO2/c1-14-8-10-16(11-9-14)20-13-12-18(2)17(19)15-6-4-3-5-7-15/h3-4,8-11,15H,5-7,12-13H2,1-2H3. The van der Waals surface area contributed by atoms with Gasteiger partial charge in [0.15, 0.2) is 0 Å². The first-order chi connectivity index (χ1) is 9.66. The van der Waals surface area contributed by atoms with E-state index in [1.807, 2.05) is 31.3 Å². The number of allylic oxidation sites excluding steroid dienone is 2. The van der Waals surface area contributed by atoms with E-state index >= 15 is 0 Å². The molecule has 0 bridgehead atoms. The zero-order valence-electron chi connectivity index (χ0n) is 12.3. The Labute approximate surface area is 121 Å². The van der Waals surface area contributed by atoms with Crippen LogP contribution in [0.15, 0.2) is 36.4 Å². The minimum absolute atomic E-state index is 0.157. The number of carbonyl (C=O) groups is 1. The first kappa shape index (κ1) is 14.6. The number of amides is 1.